The summed E-state index contributed by atoms with van der Waals surface area (Å²) < 4.78 is 1.95. The largest absolute Gasteiger partial charge is 0.350 e. The molecule has 0 bridgehead atoms. The van der Waals surface area contributed by atoms with E-state index >= 15 is 0 Å². The Balaban J connectivity index is 0.00000225. The van der Waals surface area contributed by atoms with E-state index < -0.39 is 0 Å². The van der Waals surface area contributed by atoms with Crippen molar-refractivity contribution < 1.29 is 0 Å². The number of hydrogen-bond acceptors (Lipinski definition) is 5. The lowest BCUT2D eigenvalue weighted by Crippen LogP contribution is -2.36. The van der Waals surface area contributed by atoms with Crippen LogP contribution >= 0.6 is 35.3 Å². The third kappa shape index (κ3) is 4.88. The maximum Gasteiger partial charge on any atom is 0.191 e. The normalized spacial score (nSPS) is 11.6. The molecule has 3 rings (SSSR count). The summed E-state index contributed by atoms with van der Waals surface area (Å²) in [5.74, 6) is 2.00. The van der Waals surface area contributed by atoms with E-state index in [0.717, 1.165) is 22.2 Å². The predicted octanol–water partition coefficient (Wildman–Crippen LogP) is 2.79. The van der Waals surface area contributed by atoms with Crippen LogP contribution in [-0.4, -0.2) is 32.6 Å². The highest BCUT2D eigenvalue weighted by Crippen LogP contribution is 2.17. The number of nitrogens with one attached hydrogen (secondary N) is 2. The molecule has 3 aromatic heterocycles. The summed E-state index contributed by atoms with van der Waals surface area (Å²) in [6.07, 6.45) is 1.95. The van der Waals surface area contributed by atoms with E-state index in [-0.39, 0.29) is 24.0 Å². The number of aromatic nitrogens is 4. The van der Waals surface area contributed by atoms with Gasteiger partial charge in [0.05, 0.1) is 18.8 Å². The second-order valence-corrected chi connectivity index (χ2v) is 6.59. The van der Waals surface area contributed by atoms with Gasteiger partial charge >= 0.3 is 0 Å². The van der Waals surface area contributed by atoms with Crippen LogP contribution in [-0.2, 0) is 13.1 Å². The monoisotopic (exact) mass is 471 g/mol. The molecule has 2 N–H and O–H groups in total. The van der Waals surface area contributed by atoms with Crippen LogP contribution in [0.15, 0.2) is 34.8 Å². The first kappa shape index (κ1) is 19.6. The van der Waals surface area contributed by atoms with E-state index in [1.807, 2.05) is 28.8 Å². The molecule has 3 heterocycles. The molecule has 0 aromatic carbocycles. The molecule has 0 saturated carbocycles. The molecular formula is C16H22IN7S. The Morgan fingerprint density at radius 1 is 1.24 bits per heavy atom. The molecule has 0 atom stereocenters. The molecule has 0 amide bonds. The number of nitrogens with zero attached hydrogens (tertiary/aromatic N) is 5. The average Bonchev–Trinajstić information content (AvgIpc) is 3.22. The molecule has 0 fully saturated rings. The van der Waals surface area contributed by atoms with E-state index in [9.17, 15) is 0 Å². The lowest BCUT2D eigenvalue weighted by molar-refractivity contribution is 0.755. The second-order valence-electron chi connectivity index (χ2n) is 5.65. The minimum Gasteiger partial charge on any atom is -0.350 e. The van der Waals surface area contributed by atoms with E-state index in [2.05, 4.69) is 50.0 Å². The molecule has 0 aliphatic rings. The van der Waals surface area contributed by atoms with Gasteiger partial charge in [0.25, 0.3) is 0 Å². The summed E-state index contributed by atoms with van der Waals surface area (Å²) >= 11 is 1.67. The van der Waals surface area contributed by atoms with Gasteiger partial charge in [-0.3, -0.25) is 9.39 Å². The molecule has 9 heteroatoms. The standard InChI is InChI=1S/C16H21N7S.HI/c1-11(2)12-10-24-15(20-12)9-19-16(17-3)18-8-14-22-21-13-6-4-5-7-23(13)14;/h4-7,10-11H,8-9H2,1-3H3,(H2,17,18,19);1H. The van der Waals surface area contributed by atoms with Crippen molar-refractivity contribution in [2.24, 2.45) is 4.99 Å². The Morgan fingerprint density at radius 2 is 2.04 bits per heavy atom. The van der Waals surface area contributed by atoms with E-state index in [1.165, 1.54) is 0 Å². The summed E-state index contributed by atoms with van der Waals surface area (Å²) in [6, 6.07) is 5.83. The Kier molecular flexibility index (Phi) is 7.12. The summed E-state index contributed by atoms with van der Waals surface area (Å²) in [7, 11) is 1.75. The van der Waals surface area contributed by atoms with Gasteiger partial charge in [-0.25, -0.2) is 4.98 Å². The van der Waals surface area contributed by atoms with Crippen LogP contribution in [0.5, 0.6) is 0 Å². The SMILES string of the molecule is CN=C(NCc1nc(C(C)C)cs1)NCc1nnc2ccccn12.I. The summed E-state index contributed by atoms with van der Waals surface area (Å²) in [4.78, 5) is 8.85. The van der Waals surface area contributed by atoms with Crippen LogP contribution in [0.2, 0.25) is 0 Å². The molecule has 0 spiro atoms. The third-order valence-electron chi connectivity index (χ3n) is 3.59. The van der Waals surface area contributed by atoms with Gasteiger partial charge in [0.1, 0.15) is 5.01 Å². The molecule has 7 nitrogen and oxygen atoms in total. The first-order chi connectivity index (χ1) is 11.7. The number of rotatable bonds is 5. The molecule has 0 aliphatic carbocycles. The molecule has 0 unspecified atom stereocenters. The fourth-order valence-corrected chi connectivity index (χ4v) is 3.12. The number of thiazole rings is 1. The zero-order valence-corrected chi connectivity index (χ0v) is 17.6. The molecule has 134 valence electrons. The second kappa shape index (κ2) is 9.09. The smallest absolute Gasteiger partial charge is 0.191 e. The van der Waals surface area contributed by atoms with Crippen molar-refractivity contribution in [1.82, 2.24) is 30.2 Å². The number of hydrogen-bond donors (Lipinski definition) is 2. The Bertz CT molecular complexity index is 840. The lowest BCUT2D eigenvalue weighted by Gasteiger charge is -2.10. The van der Waals surface area contributed by atoms with Crippen molar-refractivity contribution in [1.29, 1.82) is 0 Å². The van der Waals surface area contributed by atoms with E-state index in [1.54, 1.807) is 18.4 Å². The first-order valence-electron chi connectivity index (χ1n) is 7.85. The molecule has 0 aliphatic heterocycles. The van der Waals surface area contributed by atoms with Gasteiger partial charge in [0.15, 0.2) is 17.4 Å². The fourth-order valence-electron chi connectivity index (χ4n) is 2.23. The van der Waals surface area contributed by atoms with Crippen LogP contribution in [0.25, 0.3) is 5.65 Å². The van der Waals surface area contributed by atoms with Gasteiger partial charge in [0.2, 0.25) is 0 Å². The van der Waals surface area contributed by atoms with Crippen molar-refractivity contribution >= 4 is 46.9 Å². The highest BCUT2D eigenvalue weighted by atomic mass is 127. The number of pyridine rings is 1. The maximum absolute atomic E-state index is 4.61. The van der Waals surface area contributed by atoms with Crippen LogP contribution in [0.3, 0.4) is 0 Å². The van der Waals surface area contributed by atoms with Gasteiger partial charge in [-0.1, -0.05) is 19.9 Å². The summed E-state index contributed by atoms with van der Waals surface area (Å²) in [5, 5.41) is 18.0. The molecule has 0 saturated heterocycles. The molecule has 25 heavy (non-hydrogen) atoms. The minimum absolute atomic E-state index is 0. The maximum atomic E-state index is 4.61. The highest BCUT2D eigenvalue weighted by molar-refractivity contribution is 14.0. The van der Waals surface area contributed by atoms with Gasteiger partial charge in [-0.15, -0.1) is 45.5 Å². The highest BCUT2D eigenvalue weighted by Gasteiger charge is 2.08. The number of aliphatic imine (C=N–C) groups is 1. The van der Waals surface area contributed by atoms with Gasteiger partial charge in [0, 0.05) is 18.6 Å². The van der Waals surface area contributed by atoms with Crippen molar-refractivity contribution in [2.45, 2.75) is 32.9 Å². The number of halogens is 1. The Labute approximate surface area is 168 Å². The van der Waals surface area contributed by atoms with Crippen molar-refractivity contribution in [2.75, 3.05) is 7.05 Å². The van der Waals surface area contributed by atoms with Crippen LogP contribution in [0, 0.1) is 0 Å². The average molecular weight is 471 g/mol. The minimum atomic E-state index is 0. The predicted molar refractivity (Wildman–Crippen MR) is 112 cm³/mol. The van der Waals surface area contributed by atoms with Crippen LogP contribution < -0.4 is 10.6 Å². The topological polar surface area (TPSA) is 79.5 Å². The van der Waals surface area contributed by atoms with E-state index in [0.29, 0.717) is 25.0 Å². The summed E-state index contributed by atoms with van der Waals surface area (Å²) in [5.41, 5.74) is 1.97. The molecule has 0 radical (unpaired) electrons. The number of guanidine groups is 1. The van der Waals surface area contributed by atoms with Crippen molar-refractivity contribution in [3.63, 3.8) is 0 Å². The molecular weight excluding hydrogens is 449 g/mol. The molecule has 3 aromatic rings. The van der Waals surface area contributed by atoms with Crippen LogP contribution in [0.4, 0.5) is 0 Å². The van der Waals surface area contributed by atoms with Gasteiger partial charge in [-0.2, -0.15) is 0 Å². The quantitative estimate of drug-likeness (QED) is 0.340. The Morgan fingerprint density at radius 3 is 2.76 bits per heavy atom. The van der Waals surface area contributed by atoms with E-state index in [4.69, 9.17) is 0 Å². The van der Waals surface area contributed by atoms with Crippen molar-refractivity contribution in [3.8, 4) is 0 Å². The van der Waals surface area contributed by atoms with Crippen molar-refractivity contribution in [3.05, 3.63) is 46.3 Å². The van der Waals surface area contributed by atoms with Crippen LogP contribution in [0.1, 0.15) is 36.3 Å². The zero-order valence-electron chi connectivity index (χ0n) is 14.4. The van der Waals surface area contributed by atoms with Gasteiger partial charge < -0.3 is 10.6 Å². The number of fused-ring (bicyclic) bond motifs is 1. The zero-order chi connectivity index (χ0) is 16.9. The Hall–Kier alpha value is -1.75. The van der Waals surface area contributed by atoms with Gasteiger partial charge in [-0.05, 0) is 18.1 Å². The third-order valence-corrected chi connectivity index (χ3v) is 4.46. The first-order valence-corrected chi connectivity index (χ1v) is 8.73. The fraction of sp³-hybridized carbons (Fsp3) is 0.375. The summed E-state index contributed by atoms with van der Waals surface area (Å²) in [6.45, 7) is 5.49. The lowest BCUT2D eigenvalue weighted by atomic mass is 10.2.